The minimum atomic E-state index is -0.573. The summed E-state index contributed by atoms with van der Waals surface area (Å²) in [4.78, 5) is 14.8. The number of aromatic nitrogens is 3. The van der Waals surface area contributed by atoms with Crippen molar-refractivity contribution in [3.63, 3.8) is 0 Å². The highest BCUT2D eigenvalue weighted by atomic mass is 16.1. The van der Waals surface area contributed by atoms with Gasteiger partial charge in [-0.3, -0.25) is 4.79 Å². The molecule has 0 fully saturated rings. The summed E-state index contributed by atoms with van der Waals surface area (Å²) in [6.07, 6.45) is 2.96. The maximum Gasteiger partial charge on any atom is 0.156 e. The second-order valence-electron chi connectivity index (χ2n) is 2.96. The number of carbonyl (C=O) groups is 1. The van der Waals surface area contributed by atoms with E-state index in [2.05, 4.69) is 10.1 Å². The van der Waals surface area contributed by atoms with Crippen molar-refractivity contribution in [3.8, 4) is 0 Å². The Balaban J connectivity index is 0.000000671. The summed E-state index contributed by atoms with van der Waals surface area (Å²) in [6, 6.07) is 0. The first-order chi connectivity index (χ1) is 6.05. The van der Waals surface area contributed by atoms with Gasteiger partial charge in [-0.25, -0.2) is 9.67 Å². The average molecular weight is 183 g/mol. The van der Waals surface area contributed by atoms with Gasteiger partial charge in [0.15, 0.2) is 5.78 Å². The Hall–Kier alpha value is -1.19. The SMILES string of the molecule is CC.CC(=O)C(C)(C)n1cncn1. The normalized spacial score (nSPS) is 10.2. The molecule has 0 aliphatic heterocycles. The minimum Gasteiger partial charge on any atom is -0.297 e. The lowest BCUT2D eigenvalue weighted by Crippen LogP contribution is -2.34. The Morgan fingerprint density at radius 3 is 2.23 bits per heavy atom. The summed E-state index contributed by atoms with van der Waals surface area (Å²) in [5.74, 6) is 0.0722. The highest BCUT2D eigenvalue weighted by Crippen LogP contribution is 2.12. The van der Waals surface area contributed by atoms with Crippen LogP contribution in [0.5, 0.6) is 0 Å². The van der Waals surface area contributed by atoms with Gasteiger partial charge in [-0.15, -0.1) is 0 Å². The molecule has 0 unspecified atom stereocenters. The number of hydrogen-bond acceptors (Lipinski definition) is 3. The fourth-order valence-corrected chi connectivity index (χ4v) is 0.658. The van der Waals surface area contributed by atoms with E-state index in [1.165, 1.54) is 6.33 Å². The first-order valence-electron chi connectivity index (χ1n) is 4.41. The molecule has 0 saturated heterocycles. The Labute approximate surface area is 79.0 Å². The van der Waals surface area contributed by atoms with Gasteiger partial charge in [0, 0.05) is 0 Å². The third-order valence-electron chi connectivity index (χ3n) is 1.85. The lowest BCUT2D eigenvalue weighted by molar-refractivity contribution is -0.124. The molecule has 13 heavy (non-hydrogen) atoms. The van der Waals surface area contributed by atoms with E-state index >= 15 is 0 Å². The van der Waals surface area contributed by atoms with Gasteiger partial charge in [0.2, 0.25) is 0 Å². The Morgan fingerprint density at radius 2 is 1.92 bits per heavy atom. The smallest absolute Gasteiger partial charge is 0.156 e. The summed E-state index contributed by atoms with van der Waals surface area (Å²) in [5.41, 5.74) is -0.573. The quantitative estimate of drug-likeness (QED) is 0.700. The van der Waals surface area contributed by atoms with E-state index in [9.17, 15) is 4.79 Å². The van der Waals surface area contributed by atoms with Crippen LogP contribution in [0.3, 0.4) is 0 Å². The van der Waals surface area contributed by atoms with Gasteiger partial charge in [-0.2, -0.15) is 5.10 Å². The molecule has 74 valence electrons. The van der Waals surface area contributed by atoms with Gasteiger partial charge < -0.3 is 0 Å². The van der Waals surface area contributed by atoms with Crippen LogP contribution >= 0.6 is 0 Å². The third-order valence-corrected chi connectivity index (χ3v) is 1.85. The second-order valence-corrected chi connectivity index (χ2v) is 2.96. The van der Waals surface area contributed by atoms with Crippen molar-refractivity contribution in [2.24, 2.45) is 0 Å². The standard InChI is InChI=1S/C7H11N3O.C2H6/c1-6(11)7(2,3)10-5-8-4-9-10;1-2/h4-5H,1-3H3;1-2H3. The highest BCUT2D eigenvalue weighted by Gasteiger charge is 2.25. The minimum absolute atomic E-state index is 0.0722. The van der Waals surface area contributed by atoms with Crippen LogP contribution in [0.2, 0.25) is 0 Å². The van der Waals surface area contributed by atoms with Gasteiger partial charge >= 0.3 is 0 Å². The molecule has 1 rings (SSSR count). The number of hydrogen-bond donors (Lipinski definition) is 0. The van der Waals surface area contributed by atoms with Crippen LogP contribution in [0.15, 0.2) is 12.7 Å². The highest BCUT2D eigenvalue weighted by molar-refractivity contribution is 5.83. The van der Waals surface area contributed by atoms with E-state index in [-0.39, 0.29) is 5.78 Å². The van der Waals surface area contributed by atoms with Crippen molar-refractivity contribution in [1.29, 1.82) is 0 Å². The Morgan fingerprint density at radius 1 is 1.38 bits per heavy atom. The fraction of sp³-hybridized carbons (Fsp3) is 0.667. The molecule has 1 heterocycles. The van der Waals surface area contributed by atoms with Crippen molar-refractivity contribution in [2.75, 3.05) is 0 Å². The molecular formula is C9H17N3O. The van der Waals surface area contributed by atoms with E-state index in [1.807, 2.05) is 27.7 Å². The van der Waals surface area contributed by atoms with Gasteiger partial charge in [0.05, 0.1) is 0 Å². The molecule has 0 N–H and O–H groups in total. The summed E-state index contributed by atoms with van der Waals surface area (Å²) in [5, 5.41) is 3.89. The fourth-order valence-electron chi connectivity index (χ4n) is 0.658. The van der Waals surface area contributed by atoms with Crippen LogP contribution in [0, 0.1) is 0 Å². The third kappa shape index (κ3) is 2.65. The number of rotatable bonds is 2. The molecule has 0 aromatic carbocycles. The maximum absolute atomic E-state index is 11.1. The van der Waals surface area contributed by atoms with Crippen LogP contribution in [0.25, 0.3) is 0 Å². The molecule has 0 amide bonds. The maximum atomic E-state index is 11.1. The molecule has 0 radical (unpaired) electrons. The van der Waals surface area contributed by atoms with E-state index < -0.39 is 5.54 Å². The van der Waals surface area contributed by atoms with Crippen LogP contribution in [-0.4, -0.2) is 20.5 Å². The largest absolute Gasteiger partial charge is 0.297 e. The van der Waals surface area contributed by atoms with Gasteiger partial charge in [-0.1, -0.05) is 13.8 Å². The summed E-state index contributed by atoms with van der Waals surface area (Å²) in [7, 11) is 0. The van der Waals surface area contributed by atoms with Crippen molar-refractivity contribution >= 4 is 5.78 Å². The molecule has 0 spiro atoms. The molecule has 0 aliphatic rings. The predicted octanol–water partition coefficient (Wildman–Crippen LogP) is 1.63. The molecule has 1 aromatic rings. The molecule has 0 atom stereocenters. The molecule has 4 nitrogen and oxygen atoms in total. The monoisotopic (exact) mass is 183 g/mol. The Bertz CT molecular complexity index is 252. The average Bonchev–Trinajstić information content (AvgIpc) is 2.60. The van der Waals surface area contributed by atoms with Crippen LogP contribution in [0.4, 0.5) is 0 Å². The van der Waals surface area contributed by atoms with Gasteiger partial charge in [-0.05, 0) is 20.8 Å². The zero-order chi connectivity index (χ0) is 10.5. The van der Waals surface area contributed by atoms with Crippen molar-refractivity contribution in [3.05, 3.63) is 12.7 Å². The van der Waals surface area contributed by atoms with Crippen molar-refractivity contribution in [1.82, 2.24) is 14.8 Å². The lowest BCUT2D eigenvalue weighted by Gasteiger charge is -2.20. The first-order valence-corrected chi connectivity index (χ1v) is 4.41. The zero-order valence-electron chi connectivity index (χ0n) is 8.90. The molecule has 0 aliphatic carbocycles. The van der Waals surface area contributed by atoms with Crippen LogP contribution in [-0.2, 0) is 10.3 Å². The first kappa shape index (κ1) is 11.8. The van der Waals surface area contributed by atoms with Gasteiger partial charge in [0.1, 0.15) is 18.2 Å². The topological polar surface area (TPSA) is 47.8 Å². The molecule has 0 bridgehead atoms. The summed E-state index contributed by atoms with van der Waals surface area (Å²) >= 11 is 0. The van der Waals surface area contributed by atoms with Gasteiger partial charge in [0.25, 0.3) is 0 Å². The molecule has 4 heteroatoms. The Kier molecular flexibility index (Phi) is 4.31. The predicted molar refractivity (Wildman–Crippen MR) is 51.4 cm³/mol. The molecule has 1 aromatic heterocycles. The van der Waals surface area contributed by atoms with Crippen molar-refractivity contribution in [2.45, 2.75) is 40.2 Å². The van der Waals surface area contributed by atoms with Crippen LogP contribution in [0.1, 0.15) is 34.6 Å². The molecular weight excluding hydrogens is 166 g/mol. The summed E-state index contributed by atoms with van der Waals surface area (Å²) < 4.78 is 1.55. The lowest BCUT2D eigenvalue weighted by atomic mass is 10.0. The van der Waals surface area contributed by atoms with E-state index in [1.54, 1.807) is 17.9 Å². The summed E-state index contributed by atoms with van der Waals surface area (Å²) in [6.45, 7) is 9.16. The number of Topliss-reactive ketones (excluding diaryl/α,β-unsaturated/α-hetero) is 1. The van der Waals surface area contributed by atoms with E-state index in [0.717, 1.165) is 0 Å². The van der Waals surface area contributed by atoms with Crippen molar-refractivity contribution < 1.29 is 4.79 Å². The zero-order valence-corrected chi connectivity index (χ0v) is 8.90. The van der Waals surface area contributed by atoms with E-state index in [0.29, 0.717) is 0 Å². The number of nitrogens with zero attached hydrogens (tertiary/aromatic N) is 3. The van der Waals surface area contributed by atoms with E-state index in [4.69, 9.17) is 0 Å². The number of ketones is 1. The second kappa shape index (κ2) is 4.74. The van der Waals surface area contributed by atoms with Crippen LogP contribution < -0.4 is 0 Å². The molecule has 0 saturated carbocycles. The number of carbonyl (C=O) groups excluding carboxylic acids is 1.